The van der Waals surface area contributed by atoms with E-state index in [9.17, 15) is 9.59 Å². The van der Waals surface area contributed by atoms with Crippen molar-refractivity contribution in [2.75, 3.05) is 26.4 Å². The fourth-order valence-electron chi connectivity index (χ4n) is 4.51. The molecule has 0 aromatic heterocycles. The number of carbonyl (C=O) groups excluding carboxylic acids is 2. The van der Waals surface area contributed by atoms with Gasteiger partial charge in [-0.2, -0.15) is 0 Å². The van der Waals surface area contributed by atoms with Crippen LogP contribution in [0.2, 0.25) is 0 Å². The van der Waals surface area contributed by atoms with Gasteiger partial charge in [0, 0.05) is 17.8 Å². The molecule has 0 heterocycles. The molecule has 2 aliphatic rings. The molecule has 0 bridgehead atoms. The number of esters is 2. The Balaban J connectivity index is 1.43. The van der Waals surface area contributed by atoms with E-state index in [0.717, 1.165) is 83.7 Å². The van der Waals surface area contributed by atoms with Crippen LogP contribution >= 0.6 is 0 Å². The quantitative estimate of drug-likeness (QED) is 0.160. The van der Waals surface area contributed by atoms with Crippen molar-refractivity contribution in [1.29, 1.82) is 0 Å². The summed E-state index contributed by atoms with van der Waals surface area (Å²) < 4.78 is 28.5. The van der Waals surface area contributed by atoms with Crippen LogP contribution in [0.3, 0.4) is 0 Å². The zero-order valence-electron chi connectivity index (χ0n) is 21.9. The van der Waals surface area contributed by atoms with Crippen molar-refractivity contribution >= 4 is 11.9 Å². The van der Waals surface area contributed by atoms with E-state index >= 15 is 0 Å². The highest BCUT2D eigenvalue weighted by Gasteiger charge is 2.28. The molecule has 35 heavy (non-hydrogen) atoms. The average molecular weight is 495 g/mol. The summed E-state index contributed by atoms with van der Waals surface area (Å²) in [5.74, 6) is -0.660. The van der Waals surface area contributed by atoms with Gasteiger partial charge in [0.25, 0.3) is 0 Å². The van der Waals surface area contributed by atoms with Crippen LogP contribution in [-0.4, -0.2) is 62.8 Å². The SMILES string of the molecule is C=C(C)C(=O)OCCCCCCOC1CCC(OC2CCC(OCCOC(=O)C(=C)C)CC2)CC1. The lowest BCUT2D eigenvalue weighted by Crippen LogP contribution is -2.33. The molecule has 2 fully saturated rings. The van der Waals surface area contributed by atoms with E-state index < -0.39 is 0 Å². The zero-order valence-corrected chi connectivity index (χ0v) is 21.9. The van der Waals surface area contributed by atoms with Crippen LogP contribution < -0.4 is 0 Å². The molecule has 0 saturated heterocycles. The first-order valence-electron chi connectivity index (χ1n) is 13.4. The molecule has 7 nitrogen and oxygen atoms in total. The second-order valence-electron chi connectivity index (χ2n) is 9.92. The first kappa shape index (κ1) is 29.5. The highest BCUT2D eigenvalue weighted by Crippen LogP contribution is 2.29. The molecule has 2 aliphatic carbocycles. The molecule has 0 aliphatic heterocycles. The van der Waals surface area contributed by atoms with Gasteiger partial charge in [-0.25, -0.2) is 9.59 Å². The van der Waals surface area contributed by atoms with Gasteiger partial charge in [-0.05, 0) is 84.5 Å². The van der Waals surface area contributed by atoms with E-state index in [2.05, 4.69) is 13.2 Å². The summed E-state index contributed by atoms with van der Waals surface area (Å²) in [7, 11) is 0. The molecule has 7 heteroatoms. The fraction of sp³-hybridized carbons (Fsp3) is 0.786. The molecule has 0 amide bonds. The Morgan fingerprint density at radius 2 is 0.971 bits per heavy atom. The highest BCUT2D eigenvalue weighted by atomic mass is 16.6. The Bertz CT molecular complexity index is 658. The van der Waals surface area contributed by atoms with Gasteiger partial charge < -0.3 is 23.7 Å². The molecule has 2 rings (SSSR count). The van der Waals surface area contributed by atoms with Crippen molar-refractivity contribution in [2.45, 2.75) is 115 Å². The number of hydrogen-bond donors (Lipinski definition) is 0. The van der Waals surface area contributed by atoms with E-state index in [1.54, 1.807) is 13.8 Å². The third-order valence-corrected chi connectivity index (χ3v) is 6.62. The molecule has 0 unspecified atom stereocenters. The number of rotatable bonds is 16. The molecule has 0 N–H and O–H groups in total. The zero-order chi connectivity index (χ0) is 25.5. The number of unbranched alkanes of at least 4 members (excludes halogenated alkanes) is 3. The van der Waals surface area contributed by atoms with Crippen LogP contribution in [0.25, 0.3) is 0 Å². The Labute approximate surface area is 211 Å². The fourth-order valence-corrected chi connectivity index (χ4v) is 4.51. The van der Waals surface area contributed by atoms with Crippen molar-refractivity contribution in [3.63, 3.8) is 0 Å². The van der Waals surface area contributed by atoms with Gasteiger partial charge in [-0.1, -0.05) is 19.6 Å². The van der Waals surface area contributed by atoms with E-state index in [4.69, 9.17) is 23.7 Å². The van der Waals surface area contributed by atoms with E-state index in [-0.39, 0.29) is 24.6 Å². The third-order valence-electron chi connectivity index (χ3n) is 6.62. The van der Waals surface area contributed by atoms with Crippen LogP contribution in [-0.2, 0) is 33.3 Å². The Hall–Kier alpha value is -1.70. The monoisotopic (exact) mass is 494 g/mol. The summed E-state index contributed by atoms with van der Waals surface area (Å²) in [6.45, 7) is 12.4. The van der Waals surface area contributed by atoms with Crippen LogP contribution in [0.5, 0.6) is 0 Å². The van der Waals surface area contributed by atoms with Crippen molar-refractivity contribution in [1.82, 2.24) is 0 Å². The largest absolute Gasteiger partial charge is 0.462 e. The molecular weight excluding hydrogens is 448 g/mol. The number of hydrogen-bond acceptors (Lipinski definition) is 7. The topological polar surface area (TPSA) is 80.3 Å². The normalized spacial score (nSPS) is 24.5. The lowest BCUT2D eigenvalue weighted by atomic mass is 9.92. The second-order valence-corrected chi connectivity index (χ2v) is 9.92. The molecular formula is C28H46O7. The standard InChI is InChI=1S/C28H46O7/c1-21(2)27(29)33-18-8-6-5-7-17-31-23-9-13-25(14-10-23)35-26-15-11-24(12-16-26)32-19-20-34-28(30)22(3)4/h23-26H,1,3,5-20H2,2,4H3. The van der Waals surface area contributed by atoms with Crippen LogP contribution in [0.15, 0.2) is 24.3 Å². The Morgan fingerprint density at radius 3 is 1.46 bits per heavy atom. The minimum Gasteiger partial charge on any atom is -0.462 e. The predicted octanol–water partition coefficient (Wildman–Crippen LogP) is 5.46. The van der Waals surface area contributed by atoms with E-state index in [1.165, 1.54) is 0 Å². The van der Waals surface area contributed by atoms with Gasteiger partial charge in [0.2, 0.25) is 0 Å². The molecule has 0 spiro atoms. The Kier molecular flexibility index (Phi) is 14.2. The van der Waals surface area contributed by atoms with E-state index in [1.807, 2.05) is 0 Å². The molecule has 0 radical (unpaired) electrons. The smallest absolute Gasteiger partial charge is 0.333 e. The van der Waals surface area contributed by atoms with E-state index in [0.29, 0.717) is 42.7 Å². The van der Waals surface area contributed by atoms with Gasteiger partial charge in [0.15, 0.2) is 0 Å². The summed E-state index contributed by atoms with van der Waals surface area (Å²) in [6, 6.07) is 0. The lowest BCUT2D eigenvalue weighted by Gasteiger charge is -2.34. The Morgan fingerprint density at radius 1 is 0.571 bits per heavy atom. The lowest BCUT2D eigenvalue weighted by molar-refractivity contribution is -0.142. The average Bonchev–Trinajstić information content (AvgIpc) is 2.85. The summed E-state index contributed by atoms with van der Waals surface area (Å²) in [4.78, 5) is 22.7. The summed E-state index contributed by atoms with van der Waals surface area (Å²) in [6.07, 6.45) is 13.7. The van der Waals surface area contributed by atoms with Crippen LogP contribution in [0, 0.1) is 0 Å². The van der Waals surface area contributed by atoms with Crippen molar-refractivity contribution < 1.29 is 33.3 Å². The molecule has 0 atom stereocenters. The first-order valence-corrected chi connectivity index (χ1v) is 13.4. The van der Waals surface area contributed by atoms with Gasteiger partial charge in [-0.15, -0.1) is 0 Å². The van der Waals surface area contributed by atoms with Gasteiger partial charge in [0.05, 0.1) is 37.6 Å². The summed E-state index contributed by atoms with van der Waals surface area (Å²) in [5.41, 5.74) is 0.865. The first-order chi connectivity index (χ1) is 16.8. The summed E-state index contributed by atoms with van der Waals surface area (Å²) in [5, 5.41) is 0. The van der Waals surface area contributed by atoms with Crippen LogP contribution in [0.4, 0.5) is 0 Å². The maximum atomic E-state index is 11.4. The highest BCUT2D eigenvalue weighted by molar-refractivity contribution is 5.87. The van der Waals surface area contributed by atoms with Crippen molar-refractivity contribution in [3.05, 3.63) is 24.3 Å². The second kappa shape index (κ2) is 16.9. The molecule has 0 aromatic rings. The summed E-state index contributed by atoms with van der Waals surface area (Å²) >= 11 is 0. The maximum Gasteiger partial charge on any atom is 0.333 e. The minimum absolute atomic E-state index is 0.230. The molecule has 0 aromatic carbocycles. The molecule has 200 valence electrons. The molecule has 2 saturated carbocycles. The van der Waals surface area contributed by atoms with Crippen molar-refractivity contribution in [3.8, 4) is 0 Å². The van der Waals surface area contributed by atoms with Gasteiger partial charge >= 0.3 is 11.9 Å². The number of ether oxygens (including phenoxy) is 5. The number of carbonyl (C=O) groups is 2. The maximum absolute atomic E-state index is 11.4. The van der Waals surface area contributed by atoms with Gasteiger partial charge in [0.1, 0.15) is 6.61 Å². The predicted molar refractivity (Wildman–Crippen MR) is 135 cm³/mol. The van der Waals surface area contributed by atoms with Gasteiger partial charge in [-0.3, -0.25) is 0 Å². The van der Waals surface area contributed by atoms with Crippen LogP contribution in [0.1, 0.15) is 90.9 Å². The minimum atomic E-state index is -0.360. The third kappa shape index (κ3) is 12.7. The van der Waals surface area contributed by atoms with Crippen molar-refractivity contribution in [2.24, 2.45) is 0 Å².